The molecule has 1 aromatic carbocycles. The first-order valence-electron chi connectivity index (χ1n) is 18.1. The van der Waals surface area contributed by atoms with E-state index in [1.165, 1.54) is 6.26 Å². The largest absolute Gasteiger partial charge is 0.361 e. The lowest BCUT2D eigenvalue weighted by molar-refractivity contribution is 0.0931. The Hall–Kier alpha value is -3.18. The van der Waals surface area contributed by atoms with Gasteiger partial charge in [-0.1, -0.05) is 57.5 Å². The first-order valence-corrected chi connectivity index (χ1v) is 27.6. The molecule has 0 atom stereocenters. The minimum Gasteiger partial charge on any atom is -0.361 e. The minimum atomic E-state index is -3.08. The van der Waals surface area contributed by atoms with Gasteiger partial charge in [-0.2, -0.15) is 14.7 Å². The number of benzene rings is 1. The number of carbonyl (C=O) groups is 1. The maximum Gasteiger partial charge on any atom is 0.165 e. The number of anilines is 1. The van der Waals surface area contributed by atoms with Crippen LogP contribution in [0, 0.1) is 5.92 Å². The molecule has 0 saturated heterocycles. The number of hydrogen-bond donors (Lipinski definition) is 0. The van der Waals surface area contributed by atoms with E-state index in [-0.39, 0.29) is 36.8 Å². The van der Waals surface area contributed by atoms with Gasteiger partial charge in [-0.15, -0.1) is 0 Å². The molecule has 0 amide bonds. The molecule has 1 aliphatic carbocycles. The molecular formula is C37H56N6O5SSi2. The third kappa shape index (κ3) is 10.7. The van der Waals surface area contributed by atoms with Gasteiger partial charge >= 0.3 is 0 Å². The molecule has 51 heavy (non-hydrogen) atoms. The maximum atomic E-state index is 13.8. The molecule has 5 rings (SSSR count). The van der Waals surface area contributed by atoms with E-state index in [2.05, 4.69) is 44.4 Å². The van der Waals surface area contributed by atoms with Crippen molar-refractivity contribution >= 4 is 43.2 Å². The Balaban J connectivity index is 1.61. The number of aromatic nitrogens is 5. The monoisotopic (exact) mass is 752 g/mol. The summed E-state index contributed by atoms with van der Waals surface area (Å²) in [6.07, 6.45) is 9.91. The summed E-state index contributed by atoms with van der Waals surface area (Å²) in [5.41, 5.74) is 4.48. The van der Waals surface area contributed by atoms with Crippen LogP contribution >= 0.6 is 0 Å². The lowest BCUT2D eigenvalue weighted by atomic mass is 9.79. The molecular weight excluding hydrogens is 697 g/mol. The molecule has 0 unspecified atom stereocenters. The third-order valence-corrected chi connectivity index (χ3v) is 14.0. The fourth-order valence-corrected chi connectivity index (χ4v) is 9.31. The fourth-order valence-electron chi connectivity index (χ4n) is 6.60. The Morgan fingerprint density at radius 1 is 0.902 bits per heavy atom. The standard InChI is InChI=1S/C37H56N6O5SSi2/c1-28(44)34-35(30-16-14-29(15-17-30)25-49(2,45)46)40-36-33(31-22-38-42(24-31)32-12-10-9-11-13-32)23-39-43(36)37(34)41(26-47-18-20-50(3,4)5)27-48-19-21-51(6,7)8/h9-13,22-24,29-30H,14-21,25-27H2,1-8H3. The van der Waals surface area contributed by atoms with Crippen LogP contribution < -0.4 is 4.90 Å². The molecule has 3 aromatic heterocycles. The summed E-state index contributed by atoms with van der Waals surface area (Å²) in [7, 11) is -5.76. The molecule has 0 aliphatic heterocycles. The molecule has 0 N–H and O–H groups in total. The number of sulfone groups is 1. The van der Waals surface area contributed by atoms with Crippen LogP contribution in [0.2, 0.25) is 51.4 Å². The van der Waals surface area contributed by atoms with Crippen molar-refractivity contribution in [1.29, 1.82) is 0 Å². The zero-order chi connectivity index (χ0) is 37.0. The van der Waals surface area contributed by atoms with Crippen molar-refractivity contribution in [2.24, 2.45) is 5.92 Å². The van der Waals surface area contributed by atoms with E-state index in [0.29, 0.717) is 30.2 Å². The summed E-state index contributed by atoms with van der Waals surface area (Å²) in [5, 5.41) is 9.52. The summed E-state index contributed by atoms with van der Waals surface area (Å²) in [4.78, 5) is 21.1. The summed E-state index contributed by atoms with van der Waals surface area (Å²) >= 11 is 0. The number of Topliss-reactive ketones (excluding diaryl/α,β-unsaturated/α-hetero) is 1. The van der Waals surface area contributed by atoms with Crippen molar-refractivity contribution in [1.82, 2.24) is 24.4 Å². The first-order chi connectivity index (χ1) is 24.0. The lowest BCUT2D eigenvalue weighted by Gasteiger charge is -2.32. The van der Waals surface area contributed by atoms with Crippen molar-refractivity contribution in [3.8, 4) is 16.8 Å². The summed E-state index contributed by atoms with van der Waals surface area (Å²) in [5.74, 6) is 0.789. The quantitative estimate of drug-likeness (QED) is 0.0466. The highest BCUT2D eigenvalue weighted by Crippen LogP contribution is 2.41. The number of ether oxygens (including phenoxy) is 2. The molecule has 3 heterocycles. The van der Waals surface area contributed by atoms with Crippen molar-refractivity contribution in [3.63, 3.8) is 0 Å². The van der Waals surface area contributed by atoms with Gasteiger partial charge in [0.15, 0.2) is 11.4 Å². The SMILES string of the molecule is CC(=O)c1c(C2CCC(CS(C)(=O)=O)CC2)nc2c(-c3cnn(-c4ccccc4)c3)cnn2c1N(COCC[Si](C)(C)C)COCC[Si](C)(C)C. The van der Waals surface area contributed by atoms with Gasteiger partial charge in [0.25, 0.3) is 0 Å². The van der Waals surface area contributed by atoms with Gasteiger partial charge in [0.2, 0.25) is 0 Å². The third-order valence-electron chi connectivity index (χ3n) is 9.48. The number of fused-ring (bicyclic) bond motifs is 1. The Kier molecular flexibility index (Phi) is 12.4. The predicted octanol–water partition coefficient (Wildman–Crippen LogP) is 7.53. The Labute approximate surface area is 305 Å². The maximum absolute atomic E-state index is 13.8. The van der Waals surface area contributed by atoms with E-state index in [4.69, 9.17) is 19.6 Å². The van der Waals surface area contributed by atoms with Gasteiger partial charge in [0, 0.05) is 58.9 Å². The molecule has 0 radical (unpaired) electrons. The van der Waals surface area contributed by atoms with E-state index in [9.17, 15) is 13.2 Å². The van der Waals surface area contributed by atoms with E-state index >= 15 is 0 Å². The number of ketones is 1. The van der Waals surface area contributed by atoms with Gasteiger partial charge in [0.1, 0.15) is 29.1 Å². The summed E-state index contributed by atoms with van der Waals surface area (Å²) < 4.78 is 40.5. The highest BCUT2D eigenvalue weighted by atomic mass is 32.2. The normalized spacial score (nSPS) is 17.3. The van der Waals surface area contributed by atoms with Crippen LogP contribution in [0.25, 0.3) is 22.5 Å². The number of para-hydroxylation sites is 1. The van der Waals surface area contributed by atoms with Gasteiger partial charge in [-0.25, -0.2) is 18.1 Å². The van der Waals surface area contributed by atoms with Gasteiger partial charge in [-0.05, 0) is 62.7 Å². The van der Waals surface area contributed by atoms with E-state index in [0.717, 1.165) is 60.3 Å². The minimum absolute atomic E-state index is 0.0132. The summed E-state index contributed by atoms with van der Waals surface area (Å²) in [6, 6.07) is 12.0. The van der Waals surface area contributed by atoms with E-state index < -0.39 is 26.0 Å². The van der Waals surface area contributed by atoms with Gasteiger partial charge < -0.3 is 14.4 Å². The Bertz CT molecular complexity index is 1870. The van der Waals surface area contributed by atoms with Crippen molar-refractivity contribution in [2.45, 2.75) is 89.9 Å². The van der Waals surface area contributed by atoms with Crippen LogP contribution in [0.3, 0.4) is 0 Å². The fraction of sp³-hybridized carbons (Fsp3) is 0.568. The predicted molar refractivity (Wildman–Crippen MR) is 210 cm³/mol. The molecule has 4 aromatic rings. The smallest absolute Gasteiger partial charge is 0.165 e. The second kappa shape index (κ2) is 16.2. The highest BCUT2D eigenvalue weighted by molar-refractivity contribution is 7.90. The van der Waals surface area contributed by atoms with Crippen LogP contribution in [0.4, 0.5) is 5.82 Å². The van der Waals surface area contributed by atoms with Crippen LogP contribution in [0.1, 0.15) is 54.6 Å². The zero-order valence-electron chi connectivity index (χ0n) is 31.7. The average Bonchev–Trinajstić information content (AvgIpc) is 3.70. The number of carbonyl (C=O) groups excluding carboxylic acids is 1. The van der Waals surface area contributed by atoms with Gasteiger partial charge in [0.05, 0.1) is 35.1 Å². The van der Waals surface area contributed by atoms with Crippen LogP contribution in [-0.2, 0) is 19.3 Å². The second-order valence-electron chi connectivity index (χ2n) is 16.6. The zero-order valence-corrected chi connectivity index (χ0v) is 34.5. The van der Waals surface area contributed by atoms with Crippen molar-refractivity contribution < 1.29 is 22.7 Å². The molecule has 278 valence electrons. The van der Waals surface area contributed by atoms with E-state index in [1.54, 1.807) is 17.6 Å². The molecule has 14 heteroatoms. The molecule has 0 spiro atoms. The Morgan fingerprint density at radius 2 is 1.51 bits per heavy atom. The van der Waals surface area contributed by atoms with Crippen LogP contribution in [-0.4, -0.2) is 93.4 Å². The first kappa shape index (κ1) is 39.0. The topological polar surface area (TPSA) is 121 Å². The van der Waals surface area contributed by atoms with Crippen molar-refractivity contribution in [2.75, 3.05) is 43.6 Å². The molecule has 1 saturated carbocycles. The van der Waals surface area contributed by atoms with E-state index in [1.807, 2.05) is 52.3 Å². The lowest BCUT2D eigenvalue weighted by Crippen LogP contribution is -2.35. The molecule has 11 nitrogen and oxygen atoms in total. The number of hydrogen-bond acceptors (Lipinski definition) is 9. The summed E-state index contributed by atoms with van der Waals surface area (Å²) in [6.45, 7) is 17.3. The second-order valence-corrected chi connectivity index (χ2v) is 30.0. The highest BCUT2D eigenvalue weighted by Gasteiger charge is 2.33. The molecule has 1 aliphatic rings. The average molecular weight is 753 g/mol. The van der Waals surface area contributed by atoms with Crippen LogP contribution in [0.15, 0.2) is 48.9 Å². The number of nitrogens with zero attached hydrogens (tertiary/aromatic N) is 6. The van der Waals surface area contributed by atoms with Crippen LogP contribution in [0.5, 0.6) is 0 Å². The number of rotatable bonds is 17. The van der Waals surface area contributed by atoms with Gasteiger partial charge in [-0.3, -0.25) is 4.79 Å². The van der Waals surface area contributed by atoms with Crippen molar-refractivity contribution in [3.05, 3.63) is 60.2 Å². The molecule has 1 fully saturated rings. The molecule has 0 bridgehead atoms. The Morgan fingerprint density at radius 3 is 2.06 bits per heavy atom.